The lowest BCUT2D eigenvalue weighted by molar-refractivity contribution is 0.00323. The van der Waals surface area contributed by atoms with Gasteiger partial charge in [0.2, 0.25) is 0 Å². The fourth-order valence-electron chi connectivity index (χ4n) is 8.33. The fraction of sp³-hybridized carbons (Fsp3) is 0.500. The number of aryl methyl sites for hydroxylation is 1. The number of rotatable bonds is 9. The number of halogens is 1. The van der Waals surface area contributed by atoms with Gasteiger partial charge in [-0.05, 0) is 122 Å². The third-order valence-electron chi connectivity index (χ3n) is 10.9. The van der Waals surface area contributed by atoms with Gasteiger partial charge >= 0.3 is 5.97 Å². The van der Waals surface area contributed by atoms with Gasteiger partial charge in [0.05, 0.1) is 31.1 Å². The average Bonchev–Trinajstić information content (AvgIpc) is 3.25. The van der Waals surface area contributed by atoms with Crippen molar-refractivity contribution in [1.82, 2.24) is 9.97 Å². The van der Waals surface area contributed by atoms with Crippen LogP contribution in [0.5, 0.6) is 5.75 Å². The fourth-order valence-corrected chi connectivity index (χ4v) is 9.49. The van der Waals surface area contributed by atoms with Crippen LogP contribution in [0.2, 0.25) is 5.02 Å². The molecule has 0 radical (unpaired) electrons. The molecule has 0 N–H and O–H groups in total. The number of benzene rings is 2. The van der Waals surface area contributed by atoms with E-state index in [0.29, 0.717) is 29.9 Å². The Labute approximate surface area is 287 Å². The number of carbonyl (C=O) groups excluding carboxylic acids is 1. The van der Waals surface area contributed by atoms with Crippen LogP contribution in [-0.2, 0) is 21.3 Å². The summed E-state index contributed by atoms with van der Waals surface area (Å²) >= 11 is 8.21. The van der Waals surface area contributed by atoms with Gasteiger partial charge in [0.25, 0.3) is 0 Å². The van der Waals surface area contributed by atoms with Crippen molar-refractivity contribution in [3.05, 3.63) is 88.2 Å². The van der Waals surface area contributed by atoms with Crippen molar-refractivity contribution in [3.8, 4) is 5.75 Å². The highest BCUT2D eigenvalue weighted by molar-refractivity contribution is 7.99. The van der Waals surface area contributed by atoms with Crippen LogP contribution >= 0.6 is 23.4 Å². The summed E-state index contributed by atoms with van der Waals surface area (Å²) in [7, 11) is 3.32. The smallest absolute Gasteiger partial charge is 0.337 e. The van der Waals surface area contributed by atoms with Crippen molar-refractivity contribution in [1.29, 1.82) is 0 Å². The Hall–Kier alpha value is -3.07. The van der Waals surface area contributed by atoms with Gasteiger partial charge in [0, 0.05) is 48.8 Å². The van der Waals surface area contributed by atoms with Gasteiger partial charge in [-0.2, -0.15) is 0 Å². The normalized spacial score (nSPS) is 25.8. The molecule has 1 aliphatic heterocycles. The lowest BCUT2D eigenvalue weighted by atomic mass is 9.66. The lowest BCUT2D eigenvalue weighted by Gasteiger charge is -2.47. The van der Waals surface area contributed by atoms with Gasteiger partial charge in [0.1, 0.15) is 5.75 Å². The molecule has 1 unspecified atom stereocenters. The Bertz CT molecular complexity index is 1620. The Morgan fingerprint density at radius 1 is 1.13 bits per heavy atom. The molecule has 2 aromatic carbocycles. The monoisotopic (exact) mass is 673 g/mol. The van der Waals surface area contributed by atoms with Crippen LogP contribution in [0.4, 0.5) is 5.69 Å². The topological polar surface area (TPSA) is 73.8 Å². The Morgan fingerprint density at radius 2 is 2.00 bits per heavy atom. The number of nitrogens with zero attached hydrogens (tertiary/aromatic N) is 3. The van der Waals surface area contributed by atoms with Crippen LogP contribution in [0.15, 0.2) is 71.7 Å². The molecule has 1 aromatic heterocycles. The van der Waals surface area contributed by atoms with Gasteiger partial charge < -0.3 is 19.1 Å². The van der Waals surface area contributed by atoms with Crippen LogP contribution in [0, 0.1) is 17.8 Å². The molecule has 5 atom stereocenters. The third-order valence-corrected chi connectivity index (χ3v) is 12.3. The van der Waals surface area contributed by atoms with Crippen molar-refractivity contribution in [3.63, 3.8) is 0 Å². The van der Waals surface area contributed by atoms with Gasteiger partial charge in [-0.15, -0.1) is 0 Å². The minimum absolute atomic E-state index is 0.135. The summed E-state index contributed by atoms with van der Waals surface area (Å²) in [5.74, 6) is 3.10. The molecule has 248 valence electrons. The molecular weight excluding hydrogens is 630 g/mol. The quantitative estimate of drug-likeness (QED) is 0.0981. The first kappa shape index (κ1) is 32.5. The number of fused-ring (bicyclic) bond motifs is 3. The van der Waals surface area contributed by atoms with Gasteiger partial charge in [-0.3, -0.25) is 0 Å². The van der Waals surface area contributed by atoms with Gasteiger partial charge in [-0.25, -0.2) is 14.8 Å². The summed E-state index contributed by atoms with van der Waals surface area (Å²) in [6.07, 6.45) is 15.0. The molecule has 7 nitrogen and oxygen atoms in total. The second-order valence-corrected chi connectivity index (χ2v) is 15.1. The summed E-state index contributed by atoms with van der Waals surface area (Å²) in [5.41, 5.74) is 5.49. The number of hydrogen-bond acceptors (Lipinski definition) is 8. The number of ether oxygens (including phenoxy) is 3. The van der Waals surface area contributed by atoms with E-state index in [1.165, 1.54) is 30.2 Å². The molecule has 0 bridgehead atoms. The molecule has 0 saturated heterocycles. The highest BCUT2D eigenvalue weighted by atomic mass is 35.5. The zero-order valence-electron chi connectivity index (χ0n) is 27.3. The number of thioether (sulfide) groups is 1. The summed E-state index contributed by atoms with van der Waals surface area (Å²) < 4.78 is 18.0. The van der Waals surface area contributed by atoms with Crippen molar-refractivity contribution in [2.45, 2.75) is 68.0 Å². The number of anilines is 1. The molecule has 3 aromatic rings. The Kier molecular flexibility index (Phi) is 9.81. The van der Waals surface area contributed by atoms with E-state index in [9.17, 15) is 4.79 Å². The second-order valence-electron chi connectivity index (χ2n) is 13.7. The first-order valence-electron chi connectivity index (χ1n) is 17.0. The van der Waals surface area contributed by atoms with E-state index in [-0.39, 0.29) is 17.5 Å². The molecule has 1 fully saturated rings. The number of methoxy groups -OCH3 is 2. The summed E-state index contributed by atoms with van der Waals surface area (Å²) in [6.45, 7) is 2.31. The van der Waals surface area contributed by atoms with Crippen molar-refractivity contribution < 1.29 is 19.0 Å². The molecule has 2 heterocycles. The SMILES string of the molecule is COC(=O)c1ccc2c(c1)N(C[C@@H]1CC[C@H]1C(OC)C1=CC[C@H](CSc3ncccn3)CC1)C[C@@]1(CCCc3cc(Cl)ccc31)CO2. The number of esters is 1. The van der Waals surface area contributed by atoms with E-state index in [2.05, 4.69) is 33.1 Å². The molecule has 9 heteroatoms. The summed E-state index contributed by atoms with van der Waals surface area (Å²) in [5, 5.41) is 1.64. The first-order valence-corrected chi connectivity index (χ1v) is 18.3. The van der Waals surface area contributed by atoms with Crippen LogP contribution in [0.3, 0.4) is 0 Å². The molecule has 1 spiro atoms. The van der Waals surface area contributed by atoms with Crippen LogP contribution in [0.25, 0.3) is 0 Å². The minimum atomic E-state index is -0.331. The number of allylic oxidation sites excluding steroid dienone is 1. The molecule has 47 heavy (non-hydrogen) atoms. The van der Waals surface area contributed by atoms with E-state index in [4.69, 9.17) is 25.8 Å². The van der Waals surface area contributed by atoms with Crippen LogP contribution in [-0.4, -0.2) is 61.7 Å². The lowest BCUT2D eigenvalue weighted by Crippen LogP contribution is -2.50. The number of aromatic nitrogens is 2. The van der Waals surface area contributed by atoms with Gasteiger partial charge in [0.15, 0.2) is 5.16 Å². The number of hydrogen-bond donors (Lipinski definition) is 0. The Balaban J connectivity index is 1.11. The van der Waals surface area contributed by atoms with Crippen LogP contribution < -0.4 is 9.64 Å². The average molecular weight is 674 g/mol. The van der Waals surface area contributed by atoms with E-state index in [1.807, 2.05) is 49.8 Å². The van der Waals surface area contributed by atoms with E-state index in [1.54, 1.807) is 11.8 Å². The zero-order chi connectivity index (χ0) is 32.4. The molecule has 4 aliphatic rings. The molecule has 1 saturated carbocycles. The first-order chi connectivity index (χ1) is 23.0. The van der Waals surface area contributed by atoms with E-state index < -0.39 is 0 Å². The largest absolute Gasteiger partial charge is 0.490 e. The highest BCUT2D eigenvalue weighted by Crippen LogP contribution is 2.48. The molecule has 3 aliphatic carbocycles. The number of carbonyl (C=O) groups is 1. The van der Waals surface area contributed by atoms with Crippen LogP contribution in [0.1, 0.15) is 66.4 Å². The van der Waals surface area contributed by atoms with E-state index >= 15 is 0 Å². The Morgan fingerprint density at radius 3 is 2.74 bits per heavy atom. The molecular formula is C38H44ClN3O4S. The standard InChI is InChI=1S/C38H44ClN3O4S/c1-44-35(26-8-6-25(7-9-26)22-47-37-40-17-4-18-41-37)31-13-10-29(31)21-42-23-38(16-3-5-27-19-30(39)12-14-32(27)38)24-46-34-15-11-28(20-33(34)42)36(43)45-2/h4,8,11-12,14-15,17-20,25,29,31,35H,3,5-7,9-10,13,16,21-24H2,1-2H3/t25-,29-,31+,35?,38-/m0/s1. The molecule has 7 rings (SSSR count). The van der Waals surface area contributed by atoms with E-state index in [0.717, 1.165) is 85.4 Å². The van der Waals surface area contributed by atoms with Crippen molar-refractivity contribution >= 4 is 35.0 Å². The molecule has 0 amide bonds. The van der Waals surface area contributed by atoms with Crippen molar-refractivity contribution in [2.24, 2.45) is 17.8 Å². The predicted molar refractivity (Wildman–Crippen MR) is 187 cm³/mol. The van der Waals surface area contributed by atoms with Gasteiger partial charge in [-0.1, -0.05) is 35.5 Å². The third kappa shape index (κ3) is 6.79. The second kappa shape index (κ2) is 14.2. The summed E-state index contributed by atoms with van der Waals surface area (Å²) in [6, 6.07) is 14.0. The highest BCUT2D eigenvalue weighted by Gasteiger charge is 2.45. The maximum Gasteiger partial charge on any atom is 0.337 e. The minimum Gasteiger partial charge on any atom is -0.490 e. The maximum atomic E-state index is 12.6. The summed E-state index contributed by atoms with van der Waals surface area (Å²) in [4.78, 5) is 23.9. The maximum absolute atomic E-state index is 12.6. The predicted octanol–water partition coefficient (Wildman–Crippen LogP) is 7.95. The zero-order valence-corrected chi connectivity index (χ0v) is 28.9. The van der Waals surface area contributed by atoms with Crippen molar-refractivity contribution in [2.75, 3.05) is 44.6 Å².